The van der Waals surface area contributed by atoms with E-state index in [9.17, 15) is 9.59 Å². The number of amides is 2. The summed E-state index contributed by atoms with van der Waals surface area (Å²) in [4.78, 5) is 38.4. The van der Waals surface area contributed by atoms with Gasteiger partial charge in [0.25, 0.3) is 0 Å². The van der Waals surface area contributed by atoms with Crippen LogP contribution in [0.15, 0.2) is 36.5 Å². The molecule has 1 aliphatic carbocycles. The molecule has 202 valence electrons. The Labute approximate surface area is 225 Å². The van der Waals surface area contributed by atoms with Crippen LogP contribution in [-0.2, 0) is 9.53 Å². The predicted molar refractivity (Wildman–Crippen MR) is 149 cm³/mol. The molecular formula is C30H39N5O3. The van der Waals surface area contributed by atoms with E-state index in [1.165, 1.54) is 5.57 Å². The number of carbonyl (C=O) groups is 2. The van der Waals surface area contributed by atoms with Gasteiger partial charge in [-0.25, -0.2) is 14.8 Å². The third-order valence-electron chi connectivity index (χ3n) is 7.74. The molecule has 2 unspecified atom stereocenters. The molecule has 8 heteroatoms. The highest BCUT2D eigenvalue weighted by Gasteiger charge is 2.47. The lowest BCUT2D eigenvalue weighted by atomic mass is 9.79. The van der Waals surface area contributed by atoms with Crippen molar-refractivity contribution < 1.29 is 14.3 Å². The molecular weight excluding hydrogens is 478 g/mol. The maximum absolute atomic E-state index is 13.0. The third-order valence-corrected chi connectivity index (χ3v) is 7.74. The molecule has 8 nitrogen and oxygen atoms in total. The molecule has 0 spiro atoms. The van der Waals surface area contributed by atoms with Gasteiger partial charge in [-0.3, -0.25) is 4.79 Å². The second kappa shape index (κ2) is 10.0. The van der Waals surface area contributed by atoms with Crippen molar-refractivity contribution in [2.75, 3.05) is 23.3 Å². The van der Waals surface area contributed by atoms with Crippen LogP contribution < -0.4 is 10.2 Å². The monoisotopic (exact) mass is 517 g/mol. The van der Waals surface area contributed by atoms with E-state index >= 15 is 0 Å². The molecule has 0 radical (unpaired) electrons. The number of nitrogens with zero attached hydrogens (tertiary/aromatic N) is 4. The highest BCUT2D eigenvalue weighted by molar-refractivity contribution is 5.94. The molecule has 1 fully saturated rings. The van der Waals surface area contributed by atoms with Gasteiger partial charge in [-0.05, 0) is 87.8 Å². The normalized spacial score (nSPS) is 23.4. The Bertz CT molecular complexity index is 1260. The summed E-state index contributed by atoms with van der Waals surface area (Å²) in [5.74, 6) is 1.39. The van der Waals surface area contributed by atoms with Crippen LogP contribution in [0.25, 0.3) is 5.57 Å². The number of aryl methyl sites for hydroxylation is 1. The fraction of sp³-hybridized carbons (Fsp3) is 0.533. The van der Waals surface area contributed by atoms with Gasteiger partial charge in [0, 0.05) is 49.6 Å². The number of rotatable bonds is 4. The topological polar surface area (TPSA) is 87.7 Å². The number of ether oxygens (including phenoxy) is 1. The molecule has 1 N–H and O–H groups in total. The zero-order valence-corrected chi connectivity index (χ0v) is 23.3. The molecule has 1 saturated carbocycles. The molecule has 0 saturated heterocycles. The van der Waals surface area contributed by atoms with E-state index in [2.05, 4.69) is 46.5 Å². The molecule has 2 aliphatic heterocycles. The molecule has 0 bridgehead atoms. The van der Waals surface area contributed by atoms with Gasteiger partial charge < -0.3 is 19.9 Å². The molecule has 3 atom stereocenters. The van der Waals surface area contributed by atoms with Crippen LogP contribution in [0, 0.1) is 18.8 Å². The minimum atomic E-state index is -0.514. The van der Waals surface area contributed by atoms with Crippen molar-refractivity contribution in [1.82, 2.24) is 14.9 Å². The van der Waals surface area contributed by atoms with Gasteiger partial charge >= 0.3 is 6.09 Å². The molecule has 2 aromatic rings. The van der Waals surface area contributed by atoms with Crippen molar-refractivity contribution in [2.45, 2.75) is 78.5 Å². The first kappa shape index (κ1) is 26.2. The van der Waals surface area contributed by atoms with E-state index in [4.69, 9.17) is 4.74 Å². The van der Waals surface area contributed by atoms with Crippen LogP contribution in [0.3, 0.4) is 0 Å². The number of carbonyl (C=O) groups excluding carboxylic acids is 2. The smallest absolute Gasteiger partial charge is 0.410 e. The molecule has 2 amide bonds. The first-order chi connectivity index (χ1) is 18.0. The Balaban J connectivity index is 1.48. The Morgan fingerprint density at radius 1 is 1.16 bits per heavy atom. The van der Waals surface area contributed by atoms with E-state index < -0.39 is 5.60 Å². The standard InChI is InChI=1S/C30H39N5O3/c1-18-11-14-31-28(32-18)33-26-19(2)27(22-7-8-22)35(20(3)36)25-10-9-23(17-24(25)26)21-12-15-34(16-13-21)29(37)38-30(4,5)6/h9-12,14,17,19,22,26-27H,7-8,13,15-16H2,1-6H3,(H,31,32,33)/t19-,26?,27?/m1/s1. The largest absolute Gasteiger partial charge is 0.444 e. The molecule has 3 heterocycles. The Morgan fingerprint density at radius 2 is 1.92 bits per heavy atom. The first-order valence-electron chi connectivity index (χ1n) is 13.7. The maximum atomic E-state index is 13.0. The van der Waals surface area contributed by atoms with E-state index in [1.807, 2.05) is 38.7 Å². The molecule has 5 rings (SSSR count). The quantitative estimate of drug-likeness (QED) is 0.556. The van der Waals surface area contributed by atoms with Gasteiger partial charge in [-0.1, -0.05) is 19.1 Å². The second-order valence-corrected chi connectivity index (χ2v) is 11.9. The summed E-state index contributed by atoms with van der Waals surface area (Å²) in [7, 11) is 0. The van der Waals surface area contributed by atoms with E-state index in [-0.39, 0.29) is 30.0 Å². The summed E-state index contributed by atoms with van der Waals surface area (Å²) in [5, 5.41) is 3.62. The first-order valence-corrected chi connectivity index (χ1v) is 13.7. The lowest BCUT2D eigenvalue weighted by Crippen LogP contribution is -2.51. The van der Waals surface area contributed by atoms with Crippen molar-refractivity contribution >= 4 is 29.2 Å². The van der Waals surface area contributed by atoms with Gasteiger partial charge in [0.2, 0.25) is 11.9 Å². The van der Waals surface area contributed by atoms with Crippen molar-refractivity contribution in [1.29, 1.82) is 0 Å². The summed E-state index contributed by atoms with van der Waals surface area (Å²) in [6.45, 7) is 12.6. The summed E-state index contributed by atoms with van der Waals surface area (Å²) in [6, 6.07) is 8.43. The van der Waals surface area contributed by atoms with Crippen molar-refractivity contribution in [3.05, 3.63) is 53.4 Å². The number of aromatic nitrogens is 2. The highest BCUT2D eigenvalue weighted by Crippen LogP contribution is 2.50. The molecule has 1 aromatic heterocycles. The maximum Gasteiger partial charge on any atom is 0.410 e. The van der Waals surface area contributed by atoms with Crippen LogP contribution >= 0.6 is 0 Å². The Kier molecular flexibility index (Phi) is 6.92. The van der Waals surface area contributed by atoms with Crippen LogP contribution in [0.4, 0.5) is 16.4 Å². The minimum Gasteiger partial charge on any atom is -0.444 e. The Morgan fingerprint density at radius 3 is 2.53 bits per heavy atom. The van der Waals surface area contributed by atoms with Crippen molar-refractivity contribution in [3.63, 3.8) is 0 Å². The zero-order chi connectivity index (χ0) is 27.2. The van der Waals surface area contributed by atoms with Gasteiger partial charge in [0.1, 0.15) is 5.60 Å². The average molecular weight is 518 g/mol. The minimum absolute atomic E-state index is 0.0320. The predicted octanol–water partition coefficient (Wildman–Crippen LogP) is 5.74. The van der Waals surface area contributed by atoms with E-state index in [1.54, 1.807) is 18.0 Å². The fourth-order valence-corrected chi connectivity index (χ4v) is 5.85. The van der Waals surface area contributed by atoms with Crippen LogP contribution in [0.5, 0.6) is 0 Å². The number of anilines is 2. The number of fused-ring (bicyclic) bond motifs is 1. The molecule has 1 aromatic carbocycles. The van der Waals surface area contributed by atoms with Crippen LogP contribution in [0.1, 0.15) is 76.7 Å². The highest BCUT2D eigenvalue weighted by atomic mass is 16.6. The van der Waals surface area contributed by atoms with E-state index in [0.717, 1.165) is 41.8 Å². The number of nitrogens with one attached hydrogen (secondary N) is 1. The second-order valence-electron chi connectivity index (χ2n) is 11.9. The van der Waals surface area contributed by atoms with Gasteiger partial charge in [0.05, 0.1) is 6.04 Å². The average Bonchev–Trinajstić information content (AvgIpc) is 3.69. The summed E-state index contributed by atoms with van der Waals surface area (Å²) in [6.07, 6.45) is 6.66. The van der Waals surface area contributed by atoms with Gasteiger partial charge in [-0.2, -0.15) is 0 Å². The van der Waals surface area contributed by atoms with Gasteiger partial charge in [0.15, 0.2) is 0 Å². The van der Waals surface area contributed by atoms with E-state index in [0.29, 0.717) is 25.0 Å². The Hall–Kier alpha value is -3.42. The third kappa shape index (κ3) is 5.40. The van der Waals surface area contributed by atoms with Crippen LogP contribution in [0.2, 0.25) is 0 Å². The molecule has 3 aliphatic rings. The van der Waals surface area contributed by atoms with Crippen molar-refractivity contribution in [2.24, 2.45) is 11.8 Å². The summed E-state index contributed by atoms with van der Waals surface area (Å²) < 4.78 is 5.55. The summed E-state index contributed by atoms with van der Waals surface area (Å²) >= 11 is 0. The van der Waals surface area contributed by atoms with Crippen molar-refractivity contribution in [3.8, 4) is 0 Å². The number of benzene rings is 1. The molecule has 38 heavy (non-hydrogen) atoms. The lowest BCUT2D eigenvalue weighted by Gasteiger charge is -2.46. The number of hydrogen-bond donors (Lipinski definition) is 1. The fourth-order valence-electron chi connectivity index (χ4n) is 5.85. The zero-order valence-electron chi connectivity index (χ0n) is 23.3. The van der Waals surface area contributed by atoms with Gasteiger partial charge in [-0.15, -0.1) is 0 Å². The SMILES string of the molecule is CC(=O)N1c2ccc(C3=CCN(C(=O)OC(C)(C)C)CC3)cc2C(Nc2nccc(C)n2)[C@@H](C)C1C1CC1. The number of hydrogen-bond acceptors (Lipinski definition) is 6. The lowest BCUT2D eigenvalue weighted by molar-refractivity contribution is -0.117. The summed E-state index contributed by atoms with van der Waals surface area (Å²) in [5.41, 5.74) is 4.76. The van der Waals surface area contributed by atoms with Crippen LogP contribution in [-0.4, -0.2) is 51.6 Å².